The first-order valence-corrected chi connectivity index (χ1v) is 10.2. The zero-order valence-electron chi connectivity index (χ0n) is 14.8. The molecular weight excluding hydrogens is 386 g/mol. The molecule has 2 N–H and O–H groups in total. The number of ether oxygens (including phenoxy) is 1. The number of alkyl halides is 2. The summed E-state index contributed by atoms with van der Waals surface area (Å²) >= 11 is 0. The summed E-state index contributed by atoms with van der Waals surface area (Å²) in [6.45, 7) is -0.422. The van der Waals surface area contributed by atoms with Crippen molar-refractivity contribution in [2.24, 2.45) is 0 Å². The normalized spacial score (nSPS) is 15.4. The minimum Gasteiger partial charge on any atom is -0.375 e. The predicted molar refractivity (Wildman–Crippen MR) is 93.3 cm³/mol. The van der Waals surface area contributed by atoms with Gasteiger partial charge in [-0.05, 0) is 25.0 Å². The summed E-state index contributed by atoms with van der Waals surface area (Å²) in [7, 11) is -3.91. The molecule has 2 rings (SSSR count). The van der Waals surface area contributed by atoms with Gasteiger partial charge < -0.3 is 4.74 Å². The number of anilines is 1. The van der Waals surface area contributed by atoms with Crippen LogP contribution in [0.3, 0.4) is 0 Å². The summed E-state index contributed by atoms with van der Waals surface area (Å²) in [4.78, 5) is 9.97. The molecule has 0 unspecified atom stereocenters. The Morgan fingerprint density at radius 3 is 2.67 bits per heavy atom. The molecule has 0 bridgehead atoms. The molecule has 154 valence electrons. The highest BCUT2D eigenvalue weighted by molar-refractivity contribution is 7.85. The van der Waals surface area contributed by atoms with Gasteiger partial charge in [-0.15, -0.1) is 10.7 Å². The van der Waals surface area contributed by atoms with Crippen LogP contribution in [0.25, 0.3) is 0 Å². The topological polar surface area (TPSA) is 97.3 Å². The van der Waals surface area contributed by atoms with E-state index < -0.39 is 22.6 Å². The van der Waals surface area contributed by atoms with Gasteiger partial charge in [-0.25, -0.2) is 4.84 Å². The number of nitrogens with one attached hydrogen (secondary N) is 1. The summed E-state index contributed by atoms with van der Waals surface area (Å²) in [6.07, 6.45) is 3.12. The minimum absolute atomic E-state index is 0.125. The Morgan fingerprint density at radius 1 is 1.22 bits per heavy atom. The molecule has 0 aliphatic carbocycles. The Kier molecular flexibility index (Phi) is 8.32. The van der Waals surface area contributed by atoms with Gasteiger partial charge in [0, 0.05) is 12.2 Å². The lowest BCUT2D eigenvalue weighted by atomic mass is 10.1. The van der Waals surface area contributed by atoms with Crippen LogP contribution in [0.1, 0.15) is 37.7 Å². The second-order valence-electron chi connectivity index (χ2n) is 6.13. The Bertz CT molecular complexity index is 683. The van der Waals surface area contributed by atoms with Gasteiger partial charge >= 0.3 is 0 Å². The van der Waals surface area contributed by atoms with Crippen LogP contribution in [-0.2, 0) is 30.6 Å². The number of nitrogens with zero attached hydrogens (tertiary/aromatic N) is 1. The number of halogens is 2. The maximum atomic E-state index is 14.3. The number of hydrogen-bond acceptors (Lipinski definition) is 7. The van der Waals surface area contributed by atoms with Gasteiger partial charge in [0.2, 0.25) is 0 Å². The molecule has 8 nitrogen and oxygen atoms in total. The lowest BCUT2D eigenvalue weighted by molar-refractivity contribution is -0.0832. The molecule has 11 heteroatoms. The molecule has 1 heterocycles. The van der Waals surface area contributed by atoms with E-state index in [1.807, 2.05) is 0 Å². The summed E-state index contributed by atoms with van der Waals surface area (Å²) in [6, 6.07) is 5.64. The zero-order valence-corrected chi connectivity index (χ0v) is 15.6. The van der Waals surface area contributed by atoms with E-state index in [4.69, 9.17) is 19.1 Å². The molecule has 0 spiro atoms. The van der Waals surface area contributed by atoms with E-state index in [9.17, 15) is 17.2 Å². The Hall–Kier alpha value is -1.37. The third-order valence-corrected chi connectivity index (χ3v) is 4.65. The van der Waals surface area contributed by atoms with E-state index in [0.29, 0.717) is 24.9 Å². The fraction of sp³-hybridized carbons (Fsp3) is 0.625. The molecule has 0 saturated carbocycles. The van der Waals surface area contributed by atoms with Crippen molar-refractivity contribution in [2.45, 2.75) is 38.0 Å². The third kappa shape index (κ3) is 8.03. The first kappa shape index (κ1) is 21.9. The maximum absolute atomic E-state index is 14.3. The van der Waals surface area contributed by atoms with Gasteiger partial charge in [-0.1, -0.05) is 31.4 Å². The lowest BCUT2D eigenvalue weighted by Crippen LogP contribution is -2.23. The number of hydrogen-bond donors (Lipinski definition) is 2. The molecule has 1 aromatic rings. The maximum Gasteiger partial charge on any atom is 0.296 e. The van der Waals surface area contributed by atoms with Crippen LogP contribution in [0.2, 0.25) is 0 Å². The monoisotopic (exact) mass is 410 g/mol. The Labute approximate surface area is 157 Å². The van der Waals surface area contributed by atoms with Crippen LogP contribution in [-0.4, -0.2) is 38.7 Å². The third-order valence-electron chi connectivity index (χ3n) is 3.84. The van der Waals surface area contributed by atoms with Gasteiger partial charge in [0.15, 0.2) is 6.73 Å². The van der Waals surface area contributed by atoms with Crippen LogP contribution < -0.4 is 10.7 Å². The van der Waals surface area contributed by atoms with Crippen LogP contribution in [0, 0.1) is 0 Å². The summed E-state index contributed by atoms with van der Waals surface area (Å²) in [5, 5.41) is 1.02. The van der Waals surface area contributed by atoms with Crippen molar-refractivity contribution in [2.75, 3.05) is 30.9 Å². The molecule has 1 aromatic carbocycles. The second kappa shape index (κ2) is 10.2. The average molecular weight is 410 g/mol. The first-order valence-electron chi connectivity index (χ1n) is 8.62. The summed E-state index contributed by atoms with van der Waals surface area (Å²) < 4.78 is 63.4. The SMILES string of the molecule is O=S(=O)(O)CCCCCCCOCC(F)(F)c1cccc(N2OCNO2)c1. The van der Waals surface area contributed by atoms with E-state index >= 15 is 0 Å². The molecule has 0 radical (unpaired) electrons. The van der Waals surface area contributed by atoms with Crippen LogP contribution in [0.4, 0.5) is 14.5 Å². The highest BCUT2D eigenvalue weighted by Gasteiger charge is 2.32. The van der Waals surface area contributed by atoms with Crippen molar-refractivity contribution >= 4 is 15.8 Å². The Morgan fingerprint density at radius 2 is 1.96 bits per heavy atom. The molecule has 0 atom stereocenters. The van der Waals surface area contributed by atoms with Crippen LogP contribution in [0.15, 0.2) is 24.3 Å². The van der Waals surface area contributed by atoms with E-state index in [1.165, 1.54) is 18.2 Å². The van der Waals surface area contributed by atoms with Gasteiger partial charge in [-0.3, -0.25) is 4.55 Å². The van der Waals surface area contributed by atoms with Crippen LogP contribution in [0.5, 0.6) is 0 Å². The van der Waals surface area contributed by atoms with Crippen molar-refractivity contribution in [3.8, 4) is 0 Å². The fourth-order valence-electron chi connectivity index (χ4n) is 2.47. The van der Waals surface area contributed by atoms with Crippen LogP contribution >= 0.6 is 0 Å². The molecule has 0 aromatic heterocycles. The van der Waals surface area contributed by atoms with Crippen molar-refractivity contribution in [3.63, 3.8) is 0 Å². The van der Waals surface area contributed by atoms with Gasteiger partial charge in [-0.2, -0.15) is 22.1 Å². The fourth-order valence-corrected chi connectivity index (χ4v) is 3.04. The number of rotatable bonds is 12. The molecule has 1 aliphatic heterocycles. The largest absolute Gasteiger partial charge is 0.375 e. The molecule has 1 fully saturated rings. The highest BCUT2D eigenvalue weighted by atomic mass is 32.2. The van der Waals surface area contributed by atoms with E-state index in [-0.39, 0.29) is 24.7 Å². The van der Waals surface area contributed by atoms with Crippen molar-refractivity contribution < 1.29 is 36.3 Å². The molecular formula is C16H24F2N2O6S. The van der Waals surface area contributed by atoms with Crippen molar-refractivity contribution in [1.29, 1.82) is 0 Å². The molecule has 1 saturated heterocycles. The minimum atomic E-state index is -3.91. The highest BCUT2D eigenvalue weighted by Crippen LogP contribution is 2.31. The van der Waals surface area contributed by atoms with E-state index in [2.05, 4.69) is 5.48 Å². The zero-order chi connectivity index (χ0) is 19.8. The Balaban J connectivity index is 1.65. The van der Waals surface area contributed by atoms with Gasteiger partial charge in [0.25, 0.3) is 16.0 Å². The van der Waals surface area contributed by atoms with E-state index in [0.717, 1.165) is 18.1 Å². The smallest absolute Gasteiger partial charge is 0.296 e. The van der Waals surface area contributed by atoms with Crippen molar-refractivity contribution in [3.05, 3.63) is 29.8 Å². The number of unbranched alkanes of at least 4 members (excludes halogenated alkanes) is 4. The van der Waals surface area contributed by atoms with Gasteiger partial charge in [0.05, 0.1) is 11.4 Å². The first-order chi connectivity index (χ1) is 12.8. The average Bonchev–Trinajstić information content (AvgIpc) is 3.14. The predicted octanol–water partition coefficient (Wildman–Crippen LogP) is 2.78. The molecule has 27 heavy (non-hydrogen) atoms. The molecule has 0 amide bonds. The summed E-state index contributed by atoms with van der Waals surface area (Å²) in [5.74, 6) is -3.41. The number of benzene rings is 1. The van der Waals surface area contributed by atoms with E-state index in [1.54, 1.807) is 6.07 Å². The molecule has 1 aliphatic rings. The van der Waals surface area contributed by atoms with Gasteiger partial charge in [0.1, 0.15) is 6.61 Å². The van der Waals surface area contributed by atoms with Crippen molar-refractivity contribution in [1.82, 2.24) is 5.48 Å². The summed E-state index contributed by atoms with van der Waals surface area (Å²) in [5.41, 5.74) is 2.58. The lowest BCUT2D eigenvalue weighted by Gasteiger charge is -2.19. The second-order valence-corrected chi connectivity index (χ2v) is 7.70. The quantitative estimate of drug-likeness (QED) is 0.401. The standard InChI is InChI=1S/C16H24F2N2O6S/c17-16(18,12-24-9-4-2-1-3-5-10-27(21,22)23)14-7-6-8-15(11-14)20-25-13-19-26-20/h6-8,11,19H,1-5,9-10,12-13H2,(H,21,22,23). The number of hydroxylamine groups is 1.